The van der Waals surface area contributed by atoms with E-state index in [1.165, 1.54) is 11.1 Å². The van der Waals surface area contributed by atoms with Crippen LogP contribution in [-0.4, -0.2) is 20.2 Å². The number of tetrazole rings is 1. The van der Waals surface area contributed by atoms with Crippen LogP contribution >= 0.6 is 15.9 Å². The van der Waals surface area contributed by atoms with Crippen LogP contribution in [0.15, 0.2) is 89.4 Å². The van der Waals surface area contributed by atoms with E-state index in [2.05, 4.69) is 104 Å². The lowest BCUT2D eigenvalue weighted by molar-refractivity contribution is 0.585. The van der Waals surface area contributed by atoms with Crippen LogP contribution in [0.3, 0.4) is 0 Å². The summed E-state index contributed by atoms with van der Waals surface area (Å²) in [5, 5.41) is 15.5. The molecular formula is C22H16BrN5. The maximum Gasteiger partial charge on any atom is 0.248 e. The Morgan fingerprint density at radius 1 is 0.821 bits per heavy atom. The molecule has 2 heterocycles. The van der Waals surface area contributed by atoms with Crippen molar-refractivity contribution in [2.45, 2.75) is 6.04 Å². The van der Waals surface area contributed by atoms with Crippen LogP contribution in [0.4, 0.5) is 5.95 Å². The Hall–Kier alpha value is -3.25. The van der Waals surface area contributed by atoms with Crippen molar-refractivity contribution in [2.24, 2.45) is 0 Å². The highest BCUT2D eigenvalue weighted by molar-refractivity contribution is 9.10. The molecule has 4 aromatic rings. The molecule has 1 aliphatic rings. The van der Waals surface area contributed by atoms with Gasteiger partial charge >= 0.3 is 0 Å². The van der Waals surface area contributed by atoms with Gasteiger partial charge in [0, 0.05) is 10.2 Å². The quantitative estimate of drug-likeness (QED) is 0.488. The van der Waals surface area contributed by atoms with Crippen molar-refractivity contribution in [1.82, 2.24) is 20.2 Å². The van der Waals surface area contributed by atoms with Gasteiger partial charge in [0.05, 0.1) is 0 Å². The molecule has 0 saturated carbocycles. The van der Waals surface area contributed by atoms with Crippen LogP contribution in [0.5, 0.6) is 0 Å². The summed E-state index contributed by atoms with van der Waals surface area (Å²) >= 11 is 3.55. The predicted octanol–water partition coefficient (Wildman–Crippen LogP) is 5.16. The van der Waals surface area contributed by atoms with Crippen molar-refractivity contribution >= 4 is 27.6 Å². The topological polar surface area (TPSA) is 55.6 Å². The molecule has 0 saturated heterocycles. The third kappa shape index (κ3) is 3.12. The number of fused-ring (bicyclic) bond motifs is 1. The minimum absolute atomic E-state index is 0.0763. The molecule has 0 aliphatic carbocycles. The van der Waals surface area contributed by atoms with E-state index in [1.54, 1.807) is 4.68 Å². The van der Waals surface area contributed by atoms with Crippen molar-refractivity contribution in [2.75, 3.05) is 5.32 Å². The van der Waals surface area contributed by atoms with E-state index in [9.17, 15) is 0 Å². The number of allylic oxidation sites excluding steroid dienone is 1. The SMILES string of the molecule is Brc1cccc([C@H]2C=C(c3ccc(-c4ccccc4)cc3)Nc3nnnn32)c1. The Morgan fingerprint density at radius 2 is 1.57 bits per heavy atom. The summed E-state index contributed by atoms with van der Waals surface area (Å²) < 4.78 is 2.82. The third-order valence-electron chi connectivity index (χ3n) is 4.82. The van der Waals surface area contributed by atoms with Crippen LogP contribution in [-0.2, 0) is 0 Å². The molecule has 28 heavy (non-hydrogen) atoms. The molecule has 0 spiro atoms. The van der Waals surface area contributed by atoms with Gasteiger partial charge in [-0.05, 0) is 50.9 Å². The lowest BCUT2D eigenvalue weighted by Crippen LogP contribution is -2.20. The van der Waals surface area contributed by atoms with Crippen molar-refractivity contribution < 1.29 is 0 Å². The monoisotopic (exact) mass is 429 g/mol. The van der Waals surface area contributed by atoms with Crippen LogP contribution in [0.25, 0.3) is 16.8 Å². The molecule has 1 atom stereocenters. The van der Waals surface area contributed by atoms with E-state index >= 15 is 0 Å². The largest absolute Gasteiger partial charge is 0.323 e. The lowest BCUT2D eigenvalue weighted by Gasteiger charge is -2.23. The molecule has 0 radical (unpaired) electrons. The first-order valence-electron chi connectivity index (χ1n) is 8.96. The van der Waals surface area contributed by atoms with Crippen LogP contribution in [0.2, 0.25) is 0 Å². The van der Waals surface area contributed by atoms with Gasteiger partial charge in [-0.3, -0.25) is 0 Å². The number of anilines is 1. The van der Waals surface area contributed by atoms with Gasteiger partial charge in [0.1, 0.15) is 6.04 Å². The second kappa shape index (κ2) is 7.05. The first kappa shape index (κ1) is 16.9. The van der Waals surface area contributed by atoms with Gasteiger partial charge in [-0.2, -0.15) is 4.68 Å². The first-order chi connectivity index (χ1) is 13.8. The Balaban J connectivity index is 1.53. The molecule has 1 aliphatic heterocycles. The van der Waals surface area contributed by atoms with Gasteiger partial charge in [-0.1, -0.05) is 87.8 Å². The van der Waals surface area contributed by atoms with Crippen LogP contribution < -0.4 is 5.32 Å². The van der Waals surface area contributed by atoms with Gasteiger partial charge in [0.15, 0.2) is 0 Å². The van der Waals surface area contributed by atoms with Crippen LogP contribution in [0, 0.1) is 0 Å². The summed E-state index contributed by atoms with van der Waals surface area (Å²) in [5.41, 5.74) is 5.59. The summed E-state index contributed by atoms with van der Waals surface area (Å²) in [5.74, 6) is 0.634. The highest BCUT2D eigenvalue weighted by Crippen LogP contribution is 2.33. The average Bonchev–Trinajstić information content (AvgIpc) is 3.22. The molecule has 1 aromatic heterocycles. The normalized spacial score (nSPS) is 15.5. The molecule has 0 unspecified atom stereocenters. The number of halogens is 1. The summed E-state index contributed by atoms with van der Waals surface area (Å²) in [4.78, 5) is 0. The van der Waals surface area contributed by atoms with Crippen molar-refractivity contribution in [3.05, 3.63) is 101 Å². The van der Waals surface area contributed by atoms with Crippen molar-refractivity contribution in [3.8, 4) is 11.1 Å². The summed E-state index contributed by atoms with van der Waals surface area (Å²) in [6.07, 6.45) is 2.16. The fraction of sp³-hybridized carbons (Fsp3) is 0.0455. The van der Waals surface area contributed by atoms with Gasteiger partial charge in [-0.15, -0.1) is 0 Å². The summed E-state index contributed by atoms with van der Waals surface area (Å²) in [6, 6.07) is 27.0. The van der Waals surface area contributed by atoms with E-state index in [0.29, 0.717) is 5.95 Å². The van der Waals surface area contributed by atoms with E-state index in [-0.39, 0.29) is 6.04 Å². The number of nitrogens with one attached hydrogen (secondary N) is 1. The minimum atomic E-state index is -0.0763. The van der Waals surface area contributed by atoms with E-state index in [4.69, 9.17) is 0 Å². The number of rotatable bonds is 3. The second-order valence-corrected chi connectivity index (χ2v) is 7.51. The molecule has 6 heteroatoms. The molecule has 5 nitrogen and oxygen atoms in total. The van der Waals surface area contributed by atoms with Gasteiger partial charge in [0.2, 0.25) is 5.95 Å². The summed E-state index contributed by atoms with van der Waals surface area (Å²) in [7, 11) is 0. The molecular weight excluding hydrogens is 414 g/mol. The van der Waals surface area contributed by atoms with E-state index in [1.807, 2.05) is 18.2 Å². The number of hydrogen-bond donors (Lipinski definition) is 1. The zero-order chi connectivity index (χ0) is 18.9. The summed E-state index contributed by atoms with van der Waals surface area (Å²) in [6.45, 7) is 0. The van der Waals surface area contributed by atoms with Crippen molar-refractivity contribution in [1.29, 1.82) is 0 Å². The third-order valence-corrected chi connectivity index (χ3v) is 5.31. The van der Waals surface area contributed by atoms with Gasteiger partial charge in [0.25, 0.3) is 0 Å². The molecule has 5 rings (SSSR count). The highest BCUT2D eigenvalue weighted by atomic mass is 79.9. The van der Waals surface area contributed by atoms with Crippen LogP contribution in [0.1, 0.15) is 17.2 Å². The standard InChI is InChI=1S/C22H16BrN5/c23-19-8-4-7-18(13-19)21-14-20(24-22-25-26-27-28(21)22)17-11-9-16(10-12-17)15-5-2-1-3-6-15/h1-14,21H,(H,24,25,27)/t21-/m1/s1. The highest BCUT2D eigenvalue weighted by Gasteiger charge is 2.24. The van der Waals surface area contributed by atoms with E-state index in [0.717, 1.165) is 21.3 Å². The number of aromatic nitrogens is 4. The number of hydrogen-bond acceptors (Lipinski definition) is 4. The molecule has 1 N–H and O–H groups in total. The molecule has 3 aromatic carbocycles. The number of nitrogens with zero attached hydrogens (tertiary/aromatic N) is 4. The zero-order valence-corrected chi connectivity index (χ0v) is 16.4. The maximum absolute atomic E-state index is 4.16. The van der Waals surface area contributed by atoms with Gasteiger partial charge < -0.3 is 5.32 Å². The second-order valence-electron chi connectivity index (χ2n) is 6.60. The van der Waals surface area contributed by atoms with Crippen molar-refractivity contribution in [3.63, 3.8) is 0 Å². The fourth-order valence-corrected chi connectivity index (χ4v) is 3.84. The predicted molar refractivity (Wildman–Crippen MR) is 114 cm³/mol. The van der Waals surface area contributed by atoms with E-state index < -0.39 is 0 Å². The smallest absolute Gasteiger partial charge is 0.248 e. The Morgan fingerprint density at radius 3 is 2.36 bits per heavy atom. The maximum atomic E-state index is 4.16. The molecule has 0 bridgehead atoms. The van der Waals surface area contributed by atoms with Gasteiger partial charge in [-0.25, -0.2) is 0 Å². The minimum Gasteiger partial charge on any atom is -0.323 e. The molecule has 136 valence electrons. The zero-order valence-electron chi connectivity index (χ0n) is 14.8. The Kier molecular flexibility index (Phi) is 4.25. The molecule has 0 amide bonds. The Labute approximate surface area is 170 Å². The Bertz CT molecular complexity index is 1150. The molecule has 0 fully saturated rings. The first-order valence-corrected chi connectivity index (χ1v) is 9.75. The lowest BCUT2D eigenvalue weighted by atomic mass is 9.99. The number of benzene rings is 3. The average molecular weight is 430 g/mol. The fourth-order valence-electron chi connectivity index (χ4n) is 3.42.